The van der Waals surface area contributed by atoms with Gasteiger partial charge in [0.2, 0.25) is 0 Å². The first-order valence-corrected chi connectivity index (χ1v) is 6.55. The van der Waals surface area contributed by atoms with Crippen LogP contribution in [0, 0.1) is 0 Å². The maximum Gasteiger partial charge on any atom is 0.150 e. The Morgan fingerprint density at radius 3 is 2.84 bits per heavy atom. The van der Waals surface area contributed by atoms with Gasteiger partial charge in [-0.05, 0) is 19.4 Å². The summed E-state index contributed by atoms with van der Waals surface area (Å²) < 4.78 is 1.99. The van der Waals surface area contributed by atoms with Crippen LogP contribution in [0.3, 0.4) is 0 Å². The lowest BCUT2D eigenvalue weighted by molar-refractivity contribution is 0.112. The molecule has 0 radical (unpaired) electrons. The smallest absolute Gasteiger partial charge is 0.150 e. The van der Waals surface area contributed by atoms with Crippen molar-refractivity contribution < 1.29 is 4.79 Å². The summed E-state index contributed by atoms with van der Waals surface area (Å²) >= 11 is 0. The van der Waals surface area contributed by atoms with E-state index in [1.54, 1.807) is 6.20 Å². The van der Waals surface area contributed by atoms with Gasteiger partial charge >= 0.3 is 0 Å². The monoisotopic (exact) mass is 256 g/mol. The van der Waals surface area contributed by atoms with Crippen LogP contribution in [0.4, 0.5) is 0 Å². The largest absolute Gasteiger partial charge is 0.315 e. The quantitative estimate of drug-likeness (QED) is 0.849. The van der Waals surface area contributed by atoms with Gasteiger partial charge in [0.15, 0.2) is 0 Å². The molecule has 1 aromatic carbocycles. The first-order valence-electron chi connectivity index (χ1n) is 6.55. The van der Waals surface area contributed by atoms with Crippen molar-refractivity contribution in [2.45, 2.75) is 18.9 Å². The number of carbonyl (C=O) groups is 1. The summed E-state index contributed by atoms with van der Waals surface area (Å²) in [5, 5.41) is 11.6. The van der Waals surface area contributed by atoms with E-state index in [-0.39, 0.29) is 0 Å². The Balaban J connectivity index is 1.91. The molecule has 1 atom stereocenters. The lowest BCUT2D eigenvalue weighted by Gasteiger charge is -2.24. The molecule has 1 unspecified atom stereocenters. The number of nitrogens with zero attached hydrogens (tertiary/aromatic N) is 3. The number of hydrogen-bond donors (Lipinski definition) is 1. The van der Waals surface area contributed by atoms with Gasteiger partial charge in [0.25, 0.3) is 0 Å². The Labute approximate surface area is 111 Å². The fraction of sp³-hybridized carbons (Fsp3) is 0.357. The van der Waals surface area contributed by atoms with Crippen LogP contribution in [0.1, 0.15) is 29.2 Å². The van der Waals surface area contributed by atoms with E-state index >= 15 is 0 Å². The zero-order valence-corrected chi connectivity index (χ0v) is 10.6. The zero-order chi connectivity index (χ0) is 13.1. The molecule has 5 heteroatoms. The van der Waals surface area contributed by atoms with Crippen LogP contribution in [0.5, 0.6) is 0 Å². The van der Waals surface area contributed by atoms with E-state index in [0.717, 1.165) is 43.5 Å². The Kier molecular flexibility index (Phi) is 3.37. The number of nitrogens with one attached hydrogen (secondary N) is 1. The second-order valence-electron chi connectivity index (χ2n) is 4.80. The summed E-state index contributed by atoms with van der Waals surface area (Å²) in [6.07, 6.45) is 4.92. The lowest BCUT2D eigenvalue weighted by Crippen LogP contribution is -2.32. The highest BCUT2D eigenvalue weighted by molar-refractivity contribution is 5.76. The number of hydrogen-bond acceptors (Lipinski definition) is 4. The van der Waals surface area contributed by atoms with Crippen molar-refractivity contribution in [2.75, 3.05) is 13.1 Å². The normalized spacial score (nSPS) is 19.3. The van der Waals surface area contributed by atoms with E-state index in [4.69, 9.17) is 0 Å². The summed E-state index contributed by atoms with van der Waals surface area (Å²) in [6.45, 7) is 2.01. The molecular formula is C14H16N4O. The topological polar surface area (TPSA) is 59.8 Å². The summed E-state index contributed by atoms with van der Waals surface area (Å²) in [7, 11) is 0. The third-order valence-electron chi connectivity index (χ3n) is 3.53. The molecule has 2 aromatic rings. The molecule has 1 saturated heterocycles. The van der Waals surface area contributed by atoms with Crippen LogP contribution in [-0.2, 0) is 0 Å². The molecule has 0 saturated carbocycles. The van der Waals surface area contributed by atoms with Crippen molar-refractivity contribution in [1.29, 1.82) is 0 Å². The second-order valence-corrected chi connectivity index (χ2v) is 4.80. The SMILES string of the molecule is O=Cc1ccc(-c2cnnn2C2CCCNC2)cc1. The third-order valence-corrected chi connectivity index (χ3v) is 3.53. The van der Waals surface area contributed by atoms with Gasteiger partial charge in [-0.1, -0.05) is 29.5 Å². The number of rotatable bonds is 3. The minimum atomic E-state index is 0.358. The van der Waals surface area contributed by atoms with Gasteiger partial charge in [0.1, 0.15) is 6.29 Å². The predicted octanol–water partition coefficient (Wildman–Crippen LogP) is 1.68. The van der Waals surface area contributed by atoms with Gasteiger partial charge < -0.3 is 5.32 Å². The number of piperidine rings is 1. The maximum atomic E-state index is 10.7. The highest BCUT2D eigenvalue weighted by atomic mass is 16.1. The van der Waals surface area contributed by atoms with E-state index in [0.29, 0.717) is 11.6 Å². The molecule has 1 aromatic heterocycles. The lowest BCUT2D eigenvalue weighted by atomic mass is 10.1. The van der Waals surface area contributed by atoms with Crippen LogP contribution in [0.2, 0.25) is 0 Å². The highest BCUT2D eigenvalue weighted by Crippen LogP contribution is 2.24. The highest BCUT2D eigenvalue weighted by Gasteiger charge is 2.19. The average molecular weight is 256 g/mol. The van der Waals surface area contributed by atoms with Crippen LogP contribution in [-0.4, -0.2) is 34.4 Å². The first-order chi connectivity index (χ1) is 9.38. The first kappa shape index (κ1) is 12.0. The maximum absolute atomic E-state index is 10.7. The fourth-order valence-corrected chi connectivity index (χ4v) is 2.49. The molecule has 19 heavy (non-hydrogen) atoms. The molecule has 1 aliphatic rings. The molecule has 1 N–H and O–H groups in total. The molecule has 2 heterocycles. The number of aromatic nitrogens is 3. The summed E-state index contributed by atoms with van der Waals surface area (Å²) in [5.74, 6) is 0. The molecule has 3 rings (SSSR count). The van der Waals surface area contributed by atoms with Gasteiger partial charge in [-0.15, -0.1) is 5.10 Å². The Morgan fingerprint density at radius 1 is 1.32 bits per heavy atom. The van der Waals surface area contributed by atoms with Crippen LogP contribution in [0.15, 0.2) is 30.5 Å². The predicted molar refractivity (Wildman–Crippen MR) is 72.0 cm³/mol. The van der Waals surface area contributed by atoms with E-state index in [1.165, 1.54) is 0 Å². The van der Waals surface area contributed by atoms with Gasteiger partial charge in [0, 0.05) is 17.7 Å². The molecule has 1 aliphatic heterocycles. The fourth-order valence-electron chi connectivity index (χ4n) is 2.49. The van der Waals surface area contributed by atoms with E-state index in [9.17, 15) is 4.79 Å². The molecule has 0 bridgehead atoms. The number of carbonyl (C=O) groups excluding carboxylic acids is 1. The molecular weight excluding hydrogens is 240 g/mol. The van der Waals surface area contributed by atoms with Crippen LogP contribution in [0.25, 0.3) is 11.3 Å². The number of aldehydes is 1. The molecule has 0 aliphatic carbocycles. The van der Waals surface area contributed by atoms with Crippen molar-refractivity contribution >= 4 is 6.29 Å². The van der Waals surface area contributed by atoms with Crippen molar-refractivity contribution in [3.05, 3.63) is 36.0 Å². The molecule has 0 spiro atoms. The van der Waals surface area contributed by atoms with Crippen molar-refractivity contribution in [3.63, 3.8) is 0 Å². The standard InChI is InChI=1S/C14H16N4O/c19-10-11-3-5-12(6-4-11)14-9-16-17-18(14)13-2-1-7-15-8-13/h3-6,9-10,13,15H,1-2,7-8H2. The summed E-state index contributed by atoms with van der Waals surface area (Å²) in [6, 6.07) is 7.87. The zero-order valence-electron chi connectivity index (χ0n) is 10.6. The van der Waals surface area contributed by atoms with E-state index in [1.807, 2.05) is 28.9 Å². The molecule has 1 fully saturated rings. The van der Waals surface area contributed by atoms with Crippen molar-refractivity contribution in [3.8, 4) is 11.3 Å². The Morgan fingerprint density at radius 2 is 2.16 bits per heavy atom. The minimum Gasteiger partial charge on any atom is -0.315 e. The van der Waals surface area contributed by atoms with Gasteiger partial charge in [-0.2, -0.15) is 0 Å². The third kappa shape index (κ3) is 2.42. The van der Waals surface area contributed by atoms with Crippen molar-refractivity contribution in [1.82, 2.24) is 20.3 Å². The summed E-state index contributed by atoms with van der Waals surface area (Å²) in [5.41, 5.74) is 2.73. The molecule has 5 nitrogen and oxygen atoms in total. The minimum absolute atomic E-state index is 0.358. The molecule has 0 amide bonds. The van der Waals surface area contributed by atoms with Crippen LogP contribution >= 0.6 is 0 Å². The Bertz CT molecular complexity index is 555. The van der Waals surface area contributed by atoms with E-state index < -0.39 is 0 Å². The summed E-state index contributed by atoms with van der Waals surface area (Å²) in [4.78, 5) is 10.7. The average Bonchev–Trinajstić information content (AvgIpc) is 2.98. The van der Waals surface area contributed by atoms with Gasteiger partial charge in [0.05, 0.1) is 17.9 Å². The van der Waals surface area contributed by atoms with Crippen molar-refractivity contribution in [2.24, 2.45) is 0 Å². The van der Waals surface area contributed by atoms with Gasteiger partial charge in [-0.25, -0.2) is 4.68 Å². The second kappa shape index (κ2) is 5.32. The Hall–Kier alpha value is -2.01. The van der Waals surface area contributed by atoms with E-state index in [2.05, 4.69) is 15.6 Å². The van der Waals surface area contributed by atoms with Gasteiger partial charge in [-0.3, -0.25) is 4.79 Å². The number of benzene rings is 1. The molecule has 98 valence electrons. The van der Waals surface area contributed by atoms with Crippen LogP contribution < -0.4 is 5.32 Å².